The highest BCUT2D eigenvalue weighted by atomic mass is 35.5. The summed E-state index contributed by atoms with van der Waals surface area (Å²) < 4.78 is 6.85. The number of H-pyrrole nitrogens is 1. The van der Waals surface area contributed by atoms with Crippen molar-refractivity contribution in [3.05, 3.63) is 58.8 Å². The third kappa shape index (κ3) is 3.49. The van der Waals surface area contributed by atoms with E-state index >= 15 is 0 Å². The van der Waals surface area contributed by atoms with Crippen LogP contribution >= 0.6 is 11.6 Å². The van der Waals surface area contributed by atoms with Gasteiger partial charge in [0.1, 0.15) is 12.4 Å². The van der Waals surface area contributed by atoms with Crippen LogP contribution in [0.4, 0.5) is 0 Å². The summed E-state index contributed by atoms with van der Waals surface area (Å²) in [5.41, 5.74) is 2.69. The number of aromatic amines is 1. The third-order valence-electron chi connectivity index (χ3n) is 4.16. The van der Waals surface area contributed by atoms with E-state index in [2.05, 4.69) is 25.5 Å². The van der Waals surface area contributed by atoms with Gasteiger partial charge in [0.25, 0.3) is 5.91 Å². The Bertz CT molecular complexity index is 1120. The number of amides is 1. The molecule has 27 heavy (non-hydrogen) atoms. The zero-order valence-electron chi connectivity index (χ0n) is 14.6. The molecule has 0 saturated heterocycles. The van der Waals surface area contributed by atoms with Crippen molar-refractivity contribution in [3.8, 4) is 0 Å². The van der Waals surface area contributed by atoms with Gasteiger partial charge < -0.3 is 15.0 Å². The van der Waals surface area contributed by atoms with Gasteiger partial charge in [-0.05, 0) is 30.3 Å². The van der Waals surface area contributed by atoms with Gasteiger partial charge in [-0.1, -0.05) is 11.6 Å². The Balaban J connectivity index is 1.45. The van der Waals surface area contributed by atoms with Gasteiger partial charge in [0.05, 0.1) is 16.6 Å². The molecule has 0 aliphatic rings. The number of fused-ring (bicyclic) bond motifs is 2. The number of aromatic nitrogens is 5. The largest absolute Gasteiger partial charge is 0.377 e. The van der Waals surface area contributed by atoms with Crippen molar-refractivity contribution in [1.29, 1.82) is 0 Å². The molecule has 4 aromatic rings. The number of methoxy groups -OCH3 is 1. The number of carbonyl (C=O) groups excluding carboxylic acids is 1. The first-order valence-electron chi connectivity index (χ1n) is 8.39. The Kier molecular flexibility index (Phi) is 4.74. The molecule has 9 heteroatoms. The normalized spacial score (nSPS) is 11.3. The van der Waals surface area contributed by atoms with Crippen LogP contribution < -0.4 is 5.32 Å². The van der Waals surface area contributed by atoms with E-state index in [9.17, 15) is 4.79 Å². The molecule has 3 heterocycles. The number of carbonyl (C=O) groups is 1. The Morgan fingerprint density at radius 2 is 2.22 bits per heavy atom. The van der Waals surface area contributed by atoms with Crippen LogP contribution in [0.1, 0.15) is 22.0 Å². The first kappa shape index (κ1) is 17.4. The topological polar surface area (TPSA) is 97.2 Å². The molecule has 0 aliphatic carbocycles. The molecule has 0 spiro atoms. The molecule has 1 amide bonds. The van der Waals surface area contributed by atoms with Crippen LogP contribution in [0.25, 0.3) is 16.7 Å². The highest BCUT2D eigenvalue weighted by Crippen LogP contribution is 2.17. The van der Waals surface area contributed by atoms with Crippen molar-refractivity contribution in [2.24, 2.45) is 0 Å². The summed E-state index contributed by atoms with van der Waals surface area (Å²) in [6.45, 7) is 0.759. The van der Waals surface area contributed by atoms with Gasteiger partial charge in [-0.2, -0.15) is 0 Å². The molecular formula is C18H17ClN6O2. The molecule has 3 aromatic heterocycles. The number of hydrogen-bond acceptors (Lipinski definition) is 5. The van der Waals surface area contributed by atoms with E-state index in [-0.39, 0.29) is 5.91 Å². The van der Waals surface area contributed by atoms with Gasteiger partial charge in [-0.25, -0.2) is 4.98 Å². The van der Waals surface area contributed by atoms with Crippen molar-refractivity contribution in [2.45, 2.75) is 13.0 Å². The first-order valence-corrected chi connectivity index (χ1v) is 8.77. The summed E-state index contributed by atoms with van der Waals surface area (Å²) in [6.07, 6.45) is 2.38. The summed E-state index contributed by atoms with van der Waals surface area (Å²) >= 11 is 5.99. The van der Waals surface area contributed by atoms with Crippen LogP contribution in [-0.4, -0.2) is 44.1 Å². The van der Waals surface area contributed by atoms with E-state index in [4.69, 9.17) is 16.3 Å². The fourth-order valence-corrected chi connectivity index (χ4v) is 3.08. The van der Waals surface area contributed by atoms with Gasteiger partial charge in [-0.3, -0.25) is 9.20 Å². The molecule has 0 fully saturated rings. The minimum atomic E-state index is -0.212. The van der Waals surface area contributed by atoms with Gasteiger partial charge in [-0.15, -0.1) is 10.2 Å². The van der Waals surface area contributed by atoms with Crippen molar-refractivity contribution in [2.75, 3.05) is 13.7 Å². The van der Waals surface area contributed by atoms with Crippen LogP contribution in [0.3, 0.4) is 0 Å². The number of imidazole rings is 1. The summed E-state index contributed by atoms with van der Waals surface area (Å²) in [5, 5.41) is 11.7. The lowest BCUT2D eigenvalue weighted by atomic mass is 10.2. The highest BCUT2D eigenvalue weighted by molar-refractivity contribution is 6.31. The van der Waals surface area contributed by atoms with E-state index in [1.165, 1.54) is 0 Å². The second kappa shape index (κ2) is 7.34. The van der Waals surface area contributed by atoms with E-state index < -0.39 is 0 Å². The maximum absolute atomic E-state index is 12.6. The predicted octanol–water partition coefficient (Wildman–Crippen LogP) is 2.38. The number of benzene rings is 1. The van der Waals surface area contributed by atoms with Crippen LogP contribution in [0.5, 0.6) is 0 Å². The van der Waals surface area contributed by atoms with Crippen molar-refractivity contribution < 1.29 is 9.53 Å². The molecular weight excluding hydrogens is 368 g/mol. The summed E-state index contributed by atoms with van der Waals surface area (Å²) in [6, 6.07) is 9.00. The van der Waals surface area contributed by atoms with Crippen molar-refractivity contribution in [1.82, 2.24) is 29.9 Å². The third-order valence-corrected chi connectivity index (χ3v) is 4.40. The van der Waals surface area contributed by atoms with Crippen LogP contribution in [0.2, 0.25) is 5.02 Å². The highest BCUT2D eigenvalue weighted by Gasteiger charge is 2.14. The number of ether oxygens (including phenoxy) is 1. The van der Waals surface area contributed by atoms with Crippen LogP contribution in [0.15, 0.2) is 36.5 Å². The Morgan fingerprint density at radius 1 is 1.33 bits per heavy atom. The Hall–Kier alpha value is -2.97. The maximum atomic E-state index is 12.6. The summed E-state index contributed by atoms with van der Waals surface area (Å²) in [5.74, 6) is 1.22. The monoisotopic (exact) mass is 384 g/mol. The van der Waals surface area contributed by atoms with Gasteiger partial charge in [0, 0.05) is 31.3 Å². The summed E-state index contributed by atoms with van der Waals surface area (Å²) in [7, 11) is 1.59. The molecule has 0 bridgehead atoms. The second-order valence-electron chi connectivity index (χ2n) is 6.02. The molecule has 0 atom stereocenters. The SMILES string of the molecule is COCc1nnc2c(C(=O)NCCc3nc4ccc(Cl)cc4[nH]3)cccn12. The Morgan fingerprint density at radius 3 is 3.07 bits per heavy atom. The van der Waals surface area contributed by atoms with Gasteiger partial charge in [0.2, 0.25) is 0 Å². The average molecular weight is 385 g/mol. The fourth-order valence-electron chi connectivity index (χ4n) is 2.91. The minimum Gasteiger partial charge on any atom is -0.377 e. The smallest absolute Gasteiger partial charge is 0.255 e. The average Bonchev–Trinajstić information content (AvgIpc) is 3.25. The minimum absolute atomic E-state index is 0.212. The fraction of sp³-hybridized carbons (Fsp3) is 0.222. The summed E-state index contributed by atoms with van der Waals surface area (Å²) in [4.78, 5) is 20.3. The molecule has 0 unspecified atom stereocenters. The van der Waals surface area contributed by atoms with Gasteiger partial charge in [0.15, 0.2) is 11.5 Å². The lowest BCUT2D eigenvalue weighted by molar-refractivity contribution is 0.0955. The molecule has 0 aliphatic heterocycles. The molecule has 2 N–H and O–H groups in total. The number of rotatable bonds is 6. The van der Waals surface area contributed by atoms with Crippen LogP contribution in [0, 0.1) is 0 Å². The molecule has 138 valence electrons. The maximum Gasteiger partial charge on any atom is 0.255 e. The zero-order chi connectivity index (χ0) is 18.8. The first-order chi connectivity index (χ1) is 13.2. The lowest BCUT2D eigenvalue weighted by Crippen LogP contribution is -2.26. The van der Waals surface area contributed by atoms with Crippen LogP contribution in [-0.2, 0) is 17.8 Å². The van der Waals surface area contributed by atoms with E-state index in [0.29, 0.717) is 41.6 Å². The Labute approximate surface area is 159 Å². The second-order valence-corrected chi connectivity index (χ2v) is 6.45. The van der Waals surface area contributed by atoms with E-state index in [0.717, 1.165) is 16.9 Å². The zero-order valence-corrected chi connectivity index (χ0v) is 15.3. The van der Waals surface area contributed by atoms with Crippen molar-refractivity contribution >= 4 is 34.2 Å². The number of nitrogens with zero attached hydrogens (tertiary/aromatic N) is 4. The van der Waals surface area contributed by atoms with Crippen molar-refractivity contribution in [3.63, 3.8) is 0 Å². The van der Waals surface area contributed by atoms with E-state index in [1.807, 2.05) is 12.1 Å². The lowest BCUT2D eigenvalue weighted by Gasteiger charge is -2.05. The number of halogens is 1. The number of nitrogens with one attached hydrogen (secondary N) is 2. The number of pyridine rings is 1. The molecule has 8 nitrogen and oxygen atoms in total. The standard InChI is InChI=1S/C18H17ClN6O2/c1-27-10-16-23-24-17-12(3-2-8-25(16)17)18(26)20-7-6-15-21-13-5-4-11(19)9-14(13)22-15/h2-5,8-9H,6-7,10H2,1H3,(H,20,26)(H,21,22). The predicted molar refractivity (Wildman–Crippen MR) is 101 cm³/mol. The molecule has 0 saturated carbocycles. The molecule has 1 aromatic carbocycles. The number of hydrogen-bond donors (Lipinski definition) is 2. The molecule has 0 radical (unpaired) electrons. The van der Waals surface area contributed by atoms with E-state index in [1.54, 1.807) is 35.9 Å². The quantitative estimate of drug-likeness (QED) is 0.532. The molecule has 4 rings (SSSR count). The van der Waals surface area contributed by atoms with Gasteiger partial charge >= 0.3 is 0 Å².